The van der Waals surface area contributed by atoms with Gasteiger partial charge in [-0.05, 0) is 40.9 Å². The normalized spacial score (nSPS) is 15.4. The lowest BCUT2D eigenvalue weighted by Gasteiger charge is -2.17. The highest BCUT2D eigenvalue weighted by molar-refractivity contribution is 9.10. The molecule has 0 heterocycles. The number of nitrogens with zero attached hydrogens (tertiary/aromatic N) is 1. The summed E-state index contributed by atoms with van der Waals surface area (Å²) in [5.74, 6) is -1.25. The molecular formula is C11H12BrFN2O3S. The lowest BCUT2D eigenvalue weighted by Crippen LogP contribution is -2.29. The van der Waals surface area contributed by atoms with E-state index in [4.69, 9.17) is 5.14 Å². The number of halogens is 2. The zero-order valence-electron chi connectivity index (χ0n) is 10.1. The van der Waals surface area contributed by atoms with Crippen LogP contribution in [0.15, 0.2) is 21.5 Å². The Morgan fingerprint density at radius 2 is 2.05 bits per heavy atom. The highest BCUT2D eigenvalue weighted by Gasteiger charge is 2.31. The summed E-state index contributed by atoms with van der Waals surface area (Å²) in [4.78, 5) is 13.1. The summed E-state index contributed by atoms with van der Waals surface area (Å²) in [6, 6.07) is 2.24. The van der Waals surface area contributed by atoms with E-state index in [2.05, 4.69) is 15.9 Å². The number of carbonyl (C=O) groups excluding carboxylic acids is 1. The second-order valence-electron chi connectivity index (χ2n) is 4.46. The van der Waals surface area contributed by atoms with Gasteiger partial charge in [0.25, 0.3) is 5.91 Å². The summed E-state index contributed by atoms with van der Waals surface area (Å²) < 4.78 is 36.1. The predicted octanol–water partition coefficient (Wildman–Crippen LogP) is 1.47. The minimum absolute atomic E-state index is 0.0286. The van der Waals surface area contributed by atoms with Crippen molar-refractivity contribution in [1.82, 2.24) is 4.90 Å². The van der Waals surface area contributed by atoms with Crippen LogP contribution in [0.2, 0.25) is 0 Å². The smallest absolute Gasteiger partial charge is 0.253 e. The van der Waals surface area contributed by atoms with Crippen molar-refractivity contribution >= 4 is 31.9 Å². The lowest BCUT2D eigenvalue weighted by molar-refractivity contribution is 0.0784. The van der Waals surface area contributed by atoms with Crippen LogP contribution in [0.1, 0.15) is 23.2 Å². The van der Waals surface area contributed by atoms with Gasteiger partial charge in [0.15, 0.2) is 0 Å². The number of benzene rings is 1. The second-order valence-corrected chi connectivity index (χ2v) is 6.79. The van der Waals surface area contributed by atoms with Gasteiger partial charge in [0.1, 0.15) is 5.82 Å². The number of sulfonamides is 1. The third-order valence-corrected chi connectivity index (χ3v) is 4.97. The van der Waals surface area contributed by atoms with Crippen molar-refractivity contribution in [3.8, 4) is 0 Å². The summed E-state index contributed by atoms with van der Waals surface area (Å²) in [7, 11) is -2.49. The van der Waals surface area contributed by atoms with Crippen molar-refractivity contribution in [1.29, 1.82) is 0 Å². The van der Waals surface area contributed by atoms with Gasteiger partial charge >= 0.3 is 0 Å². The Hall–Kier alpha value is -0.990. The van der Waals surface area contributed by atoms with E-state index in [1.54, 1.807) is 7.05 Å². The molecule has 0 saturated heterocycles. The third kappa shape index (κ3) is 2.96. The first-order valence-electron chi connectivity index (χ1n) is 5.51. The Bertz CT molecular complexity index is 644. The number of hydrogen-bond donors (Lipinski definition) is 1. The van der Waals surface area contributed by atoms with E-state index < -0.39 is 26.6 Å². The van der Waals surface area contributed by atoms with Crippen molar-refractivity contribution in [2.45, 2.75) is 23.8 Å². The number of nitrogens with two attached hydrogens (primary N) is 1. The van der Waals surface area contributed by atoms with E-state index in [1.165, 1.54) is 4.90 Å². The molecule has 2 N–H and O–H groups in total. The molecule has 0 spiro atoms. The molecule has 1 amide bonds. The summed E-state index contributed by atoms with van der Waals surface area (Å²) in [5.41, 5.74) is -0.0286. The van der Waals surface area contributed by atoms with Crippen LogP contribution in [0.4, 0.5) is 4.39 Å². The standard InChI is InChI=1S/C11H12BrFN2O3S/c1-15(7-2-3-7)11(16)6-4-8(13)10(12)9(5-6)19(14,17)18/h4-5,7H,2-3H2,1H3,(H2,14,17,18). The molecule has 0 aliphatic heterocycles. The van der Waals surface area contributed by atoms with E-state index in [1.807, 2.05) is 0 Å². The summed E-state index contributed by atoms with van der Waals surface area (Å²) >= 11 is 2.82. The fourth-order valence-corrected chi connectivity index (χ4v) is 3.27. The number of primary sulfonamides is 1. The van der Waals surface area contributed by atoms with Gasteiger partial charge in [-0.3, -0.25) is 4.79 Å². The Morgan fingerprint density at radius 1 is 1.47 bits per heavy atom. The summed E-state index contributed by atoms with van der Waals surface area (Å²) in [6.07, 6.45) is 1.81. The van der Waals surface area contributed by atoms with Crippen molar-refractivity contribution in [2.24, 2.45) is 5.14 Å². The molecule has 0 aromatic heterocycles. The van der Waals surface area contributed by atoms with Crippen LogP contribution in [0.5, 0.6) is 0 Å². The van der Waals surface area contributed by atoms with E-state index in [-0.39, 0.29) is 16.1 Å². The zero-order chi connectivity index (χ0) is 14.4. The van der Waals surface area contributed by atoms with Crippen LogP contribution >= 0.6 is 15.9 Å². The van der Waals surface area contributed by atoms with Crippen LogP contribution in [0.3, 0.4) is 0 Å². The number of hydrogen-bond acceptors (Lipinski definition) is 3. The third-order valence-electron chi connectivity index (χ3n) is 2.96. The Morgan fingerprint density at radius 3 is 2.53 bits per heavy atom. The highest BCUT2D eigenvalue weighted by atomic mass is 79.9. The van der Waals surface area contributed by atoms with Gasteiger partial charge in [0, 0.05) is 18.7 Å². The molecule has 1 aliphatic carbocycles. The average molecular weight is 351 g/mol. The molecule has 2 rings (SSSR count). The lowest BCUT2D eigenvalue weighted by atomic mass is 10.2. The van der Waals surface area contributed by atoms with Gasteiger partial charge in [-0.1, -0.05) is 0 Å². The van der Waals surface area contributed by atoms with Gasteiger partial charge in [0.2, 0.25) is 10.0 Å². The Balaban J connectivity index is 2.47. The molecule has 5 nitrogen and oxygen atoms in total. The molecule has 1 aromatic carbocycles. The molecule has 1 saturated carbocycles. The van der Waals surface area contributed by atoms with Crippen molar-refractivity contribution in [3.05, 3.63) is 28.0 Å². The van der Waals surface area contributed by atoms with Gasteiger partial charge in [-0.2, -0.15) is 0 Å². The number of carbonyl (C=O) groups is 1. The fourth-order valence-electron chi connectivity index (χ4n) is 1.73. The van der Waals surface area contributed by atoms with Crippen LogP contribution in [0.25, 0.3) is 0 Å². The summed E-state index contributed by atoms with van der Waals surface area (Å²) in [6.45, 7) is 0. The number of rotatable bonds is 3. The maximum atomic E-state index is 13.7. The van der Waals surface area contributed by atoms with Crippen molar-refractivity contribution < 1.29 is 17.6 Å². The van der Waals surface area contributed by atoms with Crippen molar-refractivity contribution in [3.63, 3.8) is 0 Å². The van der Waals surface area contributed by atoms with E-state index in [0.29, 0.717) is 0 Å². The zero-order valence-corrected chi connectivity index (χ0v) is 12.5. The SMILES string of the molecule is CN(C(=O)c1cc(F)c(Br)c(S(N)(=O)=O)c1)C1CC1. The molecule has 19 heavy (non-hydrogen) atoms. The molecule has 1 fully saturated rings. The molecule has 1 aromatic rings. The van der Waals surface area contributed by atoms with Crippen molar-refractivity contribution in [2.75, 3.05) is 7.05 Å². The first-order chi connectivity index (χ1) is 8.71. The molecular weight excluding hydrogens is 339 g/mol. The largest absolute Gasteiger partial charge is 0.339 e. The van der Waals surface area contributed by atoms with Gasteiger partial charge in [-0.25, -0.2) is 17.9 Å². The molecule has 0 radical (unpaired) electrons. The number of amides is 1. The van der Waals surface area contributed by atoms with Crippen LogP contribution < -0.4 is 5.14 Å². The van der Waals surface area contributed by atoms with Gasteiger partial charge < -0.3 is 4.90 Å². The molecule has 0 bridgehead atoms. The molecule has 0 atom stereocenters. The average Bonchev–Trinajstić information content (AvgIpc) is 3.13. The van der Waals surface area contributed by atoms with Gasteiger partial charge in [-0.15, -0.1) is 0 Å². The highest BCUT2D eigenvalue weighted by Crippen LogP contribution is 2.29. The Kier molecular flexibility index (Phi) is 3.67. The van der Waals surface area contributed by atoms with Crippen LogP contribution in [0, 0.1) is 5.82 Å². The fraction of sp³-hybridized carbons (Fsp3) is 0.364. The second kappa shape index (κ2) is 4.84. The molecule has 0 unspecified atom stereocenters. The van der Waals surface area contributed by atoms with E-state index in [9.17, 15) is 17.6 Å². The topological polar surface area (TPSA) is 80.5 Å². The maximum absolute atomic E-state index is 13.7. The molecule has 1 aliphatic rings. The van der Waals surface area contributed by atoms with Gasteiger partial charge in [0.05, 0.1) is 9.37 Å². The quantitative estimate of drug-likeness (QED) is 0.896. The maximum Gasteiger partial charge on any atom is 0.253 e. The molecule has 104 valence electrons. The van der Waals surface area contributed by atoms with E-state index in [0.717, 1.165) is 25.0 Å². The summed E-state index contributed by atoms with van der Waals surface area (Å²) in [5, 5.41) is 4.99. The first kappa shape index (κ1) is 14.4. The monoisotopic (exact) mass is 350 g/mol. The minimum atomic E-state index is -4.10. The Labute approximate surface area is 118 Å². The molecule has 8 heteroatoms. The predicted molar refractivity (Wildman–Crippen MR) is 70.6 cm³/mol. The minimum Gasteiger partial charge on any atom is -0.339 e. The first-order valence-corrected chi connectivity index (χ1v) is 7.84. The van der Waals surface area contributed by atoms with Crippen LogP contribution in [-0.4, -0.2) is 32.3 Å². The van der Waals surface area contributed by atoms with E-state index >= 15 is 0 Å². The van der Waals surface area contributed by atoms with Crippen LogP contribution in [-0.2, 0) is 10.0 Å².